The fourth-order valence-corrected chi connectivity index (χ4v) is 4.55. The van der Waals surface area contributed by atoms with Crippen LogP contribution < -0.4 is 16.0 Å². The Labute approximate surface area is 241 Å². The molecule has 1 aromatic heterocycles. The molecule has 0 saturated carbocycles. The van der Waals surface area contributed by atoms with Gasteiger partial charge in [-0.2, -0.15) is 5.10 Å². The number of H-pyrrole nitrogens is 1. The number of piperidine rings is 1. The van der Waals surface area contributed by atoms with Gasteiger partial charge in [-0.05, 0) is 44.6 Å². The van der Waals surface area contributed by atoms with Gasteiger partial charge in [0, 0.05) is 56.1 Å². The Morgan fingerprint density at radius 2 is 1.76 bits per heavy atom. The minimum absolute atomic E-state index is 0.0711. The smallest absolute Gasteiger partial charge is 0.271 e. The number of hydrogen-bond acceptors (Lipinski definition) is 6. The Morgan fingerprint density at radius 1 is 1.05 bits per heavy atom. The van der Waals surface area contributed by atoms with Crippen LogP contribution in [0.15, 0.2) is 54.7 Å². The maximum atomic E-state index is 14.0. The van der Waals surface area contributed by atoms with Gasteiger partial charge in [-0.1, -0.05) is 18.2 Å². The van der Waals surface area contributed by atoms with E-state index in [1.54, 1.807) is 6.08 Å². The molecule has 0 bridgehead atoms. The van der Waals surface area contributed by atoms with Crippen molar-refractivity contribution in [3.8, 4) is 0 Å². The second-order valence-electron chi connectivity index (χ2n) is 10.2. The lowest BCUT2D eigenvalue weighted by molar-refractivity contribution is -0.111. The highest BCUT2D eigenvalue weighted by Crippen LogP contribution is 2.20. The molecule has 1 aliphatic rings. The van der Waals surface area contributed by atoms with Crippen molar-refractivity contribution in [3.63, 3.8) is 0 Å². The molecule has 2 heterocycles. The van der Waals surface area contributed by atoms with E-state index < -0.39 is 34.8 Å². The molecule has 0 spiro atoms. The molecule has 222 valence electrons. The van der Waals surface area contributed by atoms with Crippen molar-refractivity contribution in [1.82, 2.24) is 25.3 Å². The molecule has 4 rings (SSSR count). The number of likely N-dealkylation sites (tertiary alicyclic amines) is 1. The van der Waals surface area contributed by atoms with E-state index >= 15 is 0 Å². The summed E-state index contributed by atoms with van der Waals surface area (Å²) >= 11 is 0. The number of carbonyl (C=O) groups excluding carboxylic acids is 3. The van der Waals surface area contributed by atoms with Gasteiger partial charge < -0.3 is 20.9 Å². The van der Waals surface area contributed by atoms with Crippen LogP contribution in [0.5, 0.6) is 0 Å². The van der Waals surface area contributed by atoms with Crippen LogP contribution in [0.1, 0.15) is 39.3 Å². The van der Waals surface area contributed by atoms with Gasteiger partial charge in [0.1, 0.15) is 28.7 Å². The minimum Gasteiger partial charge on any atom is -0.348 e. The predicted octanol–water partition coefficient (Wildman–Crippen LogP) is 3.53. The summed E-state index contributed by atoms with van der Waals surface area (Å²) in [6, 6.07) is 8.30. The van der Waals surface area contributed by atoms with Gasteiger partial charge >= 0.3 is 0 Å². The van der Waals surface area contributed by atoms with Crippen molar-refractivity contribution in [2.75, 3.05) is 44.4 Å². The van der Waals surface area contributed by atoms with Crippen LogP contribution >= 0.6 is 0 Å². The molecule has 13 heteroatoms. The Kier molecular flexibility index (Phi) is 10.1. The number of nitrogens with zero attached hydrogens (tertiary/aromatic N) is 3. The third-order valence-electron chi connectivity index (χ3n) is 6.61. The number of anilines is 2. The highest BCUT2D eigenvalue weighted by atomic mass is 19.1. The van der Waals surface area contributed by atoms with E-state index in [9.17, 15) is 27.6 Å². The highest BCUT2D eigenvalue weighted by molar-refractivity contribution is 6.08. The normalized spacial score (nSPS) is 14.3. The Morgan fingerprint density at radius 3 is 2.45 bits per heavy atom. The van der Waals surface area contributed by atoms with E-state index in [1.165, 1.54) is 6.08 Å². The maximum absolute atomic E-state index is 14.0. The first-order valence-corrected chi connectivity index (χ1v) is 13.3. The van der Waals surface area contributed by atoms with Crippen LogP contribution in [0.2, 0.25) is 0 Å². The van der Waals surface area contributed by atoms with Crippen LogP contribution in [0.4, 0.5) is 24.5 Å². The van der Waals surface area contributed by atoms with Crippen molar-refractivity contribution in [2.45, 2.75) is 25.4 Å². The molecule has 0 radical (unpaired) electrons. The number of hydrogen-bond donors (Lipinski definition) is 4. The average Bonchev–Trinajstić information content (AvgIpc) is 3.37. The summed E-state index contributed by atoms with van der Waals surface area (Å²) in [4.78, 5) is 41.7. The molecular formula is C29H32F3N7O3. The van der Waals surface area contributed by atoms with Gasteiger partial charge in [-0.3, -0.25) is 24.4 Å². The van der Waals surface area contributed by atoms with Crippen molar-refractivity contribution in [3.05, 3.63) is 89.0 Å². The molecule has 1 fully saturated rings. The zero-order valence-electron chi connectivity index (χ0n) is 23.2. The van der Waals surface area contributed by atoms with E-state index in [-0.39, 0.29) is 23.3 Å². The van der Waals surface area contributed by atoms with Gasteiger partial charge in [-0.25, -0.2) is 13.2 Å². The SMILES string of the molecule is CN(C)CC=CC(=O)Nc1cccc(CN2CCC(NC(=O)c3[nH]ncc3NC(=O)c3c(F)cc(F)cc3F)CC2)c1. The molecule has 3 aromatic rings. The van der Waals surface area contributed by atoms with Crippen LogP contribution in [-0.2, 0) is 11.3 Å². The second kappa shape index (κ2) is 13.9. The van der Waals surface area contributed by atoms with Gasteiger partial charge in [-0.15, -0.1) is 0 Å². The second-order valence-corrected chi connectivity index (χ2v) is 10.2. The van der Waals surface area contributed by atoms with E-state index in [2.05, 4.69) is 31.0 Å². The van der Waals surface area contributed by atoms with Crippen LogP contribution in [0.25, 0.3) is 0 Å². The quantitative estimate of drug-likeness (QED) is 0.271. The van der Waals surface area contributed by atoms with Gasteiger partial charge in [0.25, 0.3) is 11.8 Å². The van der Waals surface area contributed by atoms with Crippen LogP contribution in [0, 0.1) is 17.5 Å². The fourth-order valence-electron chi connectivity index (χ4n) is 4.55. The largest absolute Gasteiger partial charge is 0.348 e. The number of rotatable bonds is 10. The molecule has 1 aliphatic heterocycles. The lowest BCUT2D eigenvalue weighted by Gasteiger charge is -2.32. The molecule has 4 N–H and O–H groups in total. The lowest BCUT2D eigenvalue weighted by atomic mass is 10.0. The van der Waals surface area contributed by atoms with Crippen molar-refractivity contribution in [1.29, 1.82) is 0 Å². The summed E-state index contributed by atoms with van der Waals surface area (Å²) < 4.78 is 41.2. The maximum Gasteiger partial charge on any atom is 0.271 e. The zero-order valence-corrected chi connectivity index (χ0v) is 23.2. The predicted molar refractivity (Wildman–Crippen MR) is 151 cm³/mol. The third-order valence-corrected chi connectivity index (χ3v) is 6.61. The summed E-state index contributed by atoms with van der Waals surface area (Å²) in [5.74, 6) is -5.80. The fraction of sp³-hybridized carbons (Fsp3) is 0.310. The molecule has 0 atom stereocenters. The zero-order chi connectivity index (χ0) is 30.2. The number of aromatic amines is 1. The topological polar surface area (TPSA) is 122 Å². The first kappa shape index (κ1) is 30.5. The molecule has 3 amide bonds. The molecule has 42 heavy (non-hydrogen) atoms. The number of nitrogens with one attached hydrogen (secondary N) is 4. The minimum atomic E-state index is -1.37. The average molecular weight is 584 g/mol. The molecule has 1 saturated heterocycles. The molecule has 0 unspecified atom stereocenters. The van der Waals surface area contributed by atoms with Crippen molar-refractivity contribution >= 4 is 29.1 Å². The molecule has 2 aromatic carbocycles. The van der Waals surface area contributed by atoms with Gasteiger partial charge in [0.05, 0.1) is 11.9 Å². The summed E-state index contributed by atoms with van der Waals surface area (Å²) in [6.45, 7) is 2.77. The summed E-state index contributed by atoms with van der Waals surface area (Å²) in [7, 11) is 3.85. The lowest BCUT2D eigenvalue weighted by Crippen LogP contribution is -2.44. The number of carbonyl (C=O) groups is 3. The van der Waals surface area contributed by atoms with E-state index in [4.69, 9.17) is 0 Å². The Balaban J connectivity index is 1.27. The highest BCUT2D eigenvalue weighted by Gasteiger charge is 2.25. The van der Waals surface area contributed by atoms with Gasteiger partial charge in [0.15, 0.2) is 0 Å². The number of likely N-dealkylation sites (N-methyl/N-ethyl adjacent to an activating group) is 1. The number of halogens is 3. The van der Waals surface area contributed by atoms with Crippen molar-refractivity contribution in [2.24, 2.45) is 0 Å². The molecule has 10 nitrogen and oxygen atoms in total. The molecular weight excluding hydrogens is 551 g/mol. The van der Waals surface area contributed by atoms with Crippen LogP contribution in [0.3, 0.4) is 0 Å². The van der Waals surface area contributed by atoms with E-state index in [0.29, 0.717) is 56.8 Å². The number of benzene rings is 2. The monoisotopic (exact) mass is 583 g/mol. The van der Waals surface area contributed by atoms with Crippen LogP contribution in [-0.4, -0.2) is 77.5 Å². The first-order valence-electron chi connectivity index (χ1n) is 13.3. The van der Waals surface area contributed by atoms with Gasteiger partial charge in [0.2, 0.25) is 5.91 Å². The van der Waals surface area contributed by atoms with E-state index in [1.807, 2.05) is 43.3 Å². The Hall–Kier alpha value is -4.49. The summed E-state index contributed by atoms with van der Waals surface area (Å²) in [6.07, 6.45) is 5.78. The number of amides is 3. The summed E-state index contributed by atoms with van der Waals surface area (Å²) in [5.41, 5.74) is 0.629. The Bertz CT molecular complexity index is 1440. The molecule has 0 aliphatic carbocycles. The standard InChI is InChI=1S/C29H32F3N7O3/c1-38(2)10-4-7-25(40)34-21-6-3-5-18(13-21)17-39-11-8-20(9-12-39)35-29(42)27-24(16-33-37-27)36-28(41)26-22(31)14-19(30)15-23(26)32/h3-7,13-16,20H,8-12,17H2,1-2H3,(H,33,37)(H,34,40)(H,35,42)(H,36,41). The number of aromatic nitrogens is 2. The third kappa shape index (κ3) is 8.27. The van der Waals surface area contributed by atoms with E-state index in [0.717, 1.165) is 11.8 Å². The summed E-state index contributed by atoms with van der Waals surface area (Å²) in [5, 5.41) is 14.3. The van der Waals surface area contributed by atoms with Crippen molar-refractivity contribution < 1.29 is 27.6 Å². The first-order chi connectivity index (χ1) is 20.1.